The van der Waals surface area contributed by atoms with Crippen LogP contribution in [-0.2, 0) is 0 Å². The average Bonchev–Trinajstić information content (AvgIpc) is 2.49. The summed E-state index contributed by atoms with van der Waals surface area (Å²) in [5, 5.41) is 25.4. The molecule has 0 saturated carbocycles. The lowest BCUT2D eigenvalue weighted by Crippen LogP contribution is -2.16. The Morgan fingerprint density at radius 3 is 2.54 bits per heavy atom. The van der Waals surface area contributed by atoms with E-state index in [0.29, 0.717) is 5.69 Å². The smallest absolute Gasteiger partial charge is 0.301 e. The summed E-state index contributed by atoms with van der Waals surface area (Å²) in [6.45, 7) is 1.61. The highest BCUT2D eigenvalue weighted by atomic mass is 32.1. The van der Waals surface area contributed by atoms with E-state index in [-0.39, 0.29) is 16.0 Å². The molecule has 0 aliphatic heterocycles. The maximum atomic E-state index is 11.8. The van der Waals surface area contributed by atoms with E-state index in [4.69, 9.17) is 12.2 Å². The van der Waals surface area contributed by atoms with Gasteiger partial charge in [-0.2, -0.15) is 5.10 Å². The van der Waals surface area contributed by atoms with E-state index in [0.717, 1.165) is 24.4 Å². The van der Waals surface area contributed by atoms with Gasteiger partial charge in [-0.05, 0) is 25.2 Å². The number of aromatic amines is 2. The maximum Gasteiger partial charge on any atom is 0.301 e. The number of nitrogens with one attached hydrogen (secondary N) is 3. The molecule has 0 unspecified atom stereocenters. The number of hydrogen-bond acceptors (Lipinski definition) is 8. The van der Waals surface area contributed by atoms with Gasteiger partial charge in [-0.25, -0.2) is 0 Å². The zero-order valence-electron chi connectivity index (χ0n) is 12.1. The molecule has 0 aliphatic carbocycles. The molecule has 12 heteroatoms. The first-order valence-electron chi connectivity index (χ1n) is 6.34. The van der Waals surface area contributed by atoms with Crippen molar-refractivity contribution in [3.05, 3.63) is 64.8 Å². The Balaban J connectivity index is 2.33. The lowest BCUT2D eigenvalue weighted by atomic mass is 10.2. The Morgan fingerprint density at radius 2 is 1.96 bits per heavy atom. The molecule has 0 spiro atoms. The number of nitro groups is 2. The van der Waals surface area contributed by atoms with Crippen molar-refractivity contribution in [3.8, 4) is 0 Å². The second-order valence-corrected chi connectivity index (χ2v) is 4.94. The Labute approximate surface area is 138 Å². The fourth-order valence-electron chi connectivity index (χ4n) is 1.81. The quantitative estimate of drug-likeness (QED) is 0.322. The van der Waals surface area contributed by atoms with E-state index in [9.17, 15) is 25.0 Å². The van der Waals surface area contributed by atoms with Gasteiger partial charge in [-0.15, -0.1) is 0 Å². The Hall–Kier alpha value is -3.41. The molecule has 124 valence electrons. The van der Waals surface area contributed by atoms with Gasteiger partial charge in [0.1, 0.15) is 5.69 Å². The molecule has 1 heterocycles. The number of H-pyrrole nitrogens is 2. The molecule has 1 aromatic heterocycles. The summed E-state index contributed by atoms with van der Waals surface area (Å²) in [5.41, 5.74) is 1.58. The van der Waals surface area contributed by atoms with E-state index in [1.807, 2.05) is 0 Å². The number of non-ortho nitro benzene ring substituents is 1. The normalized spacial score (nSPS) is 10.7. The maximum absolute atomic E-state index is 11.8. The van der Waals surface area contributed by atoms with Crippen LogP contribution in [0.2, 0.25) is 0 Å². The molecule has 2 aromatic rings. The molecule has 1 aromatic carbocycles. The molecule has 0 fully saturated rings. The number of hydrazone groups is 1. The first-order valence-corrected chi connectivity index (χ1v) is 6.75. The molecule has 0 aliphatic rings. The molecule has 0 radical (unpaired) electrons. The van der Waals surface area contributed by atoms with Gasteiger partial charge in [0.25, 0.3) is 11.2 Å². The molecule has 0 bridgehead atoms. The second kappa shape index (κ2) is 6.78. The Morgan fingerprint density at radius 1 is 1.25 bits per heavy atom. The van der Waals surface area contributed by atoms with Gasteiger partial charge >= 0.3 is 5.69 Å². The molecule has 2 rings (SSSR count). The number of anilines is 1. The van der Waals surface area contributed by atoms with Crippen LogP contribution >= 0.6 is 12.2 Å². The van der Waals surface area contributed by atoms with Crippen molar-refractivity contribution in [3.63, 3.8) is 0 Å². The summed E-state index contributed by atoms with van der Waals surface area (Å²) in [6, 6.07) is 3.07. The summed E-state index contributed by atoms with van der Waals surface area (Å²) in [5.74, 6) is 0. The summed E-state index contributed by atoms with van der Waals surface area (Å²) in [7, 11) is 0. The van der Waals surface area contributed by atoms with Gasteiger partial charge in [0.15, 0.2) is 4.77 Å². The number of rotatable bonds is 5. The van der Waals surface area contributed by atoms with Gasteiger partial charge in [0, 0.05) is 11.8 Å². The molecule has 24 heavy (non-hydrogen) atoms. The third-order valence-electron chi connectivity index (χ3n) is 2.94. The zero-order chi connectivity index (χ0) is 17.9. The van der Waals surface area contributed by atoms with Crippen molar-refractivity contribution in [1.82, 2.24) is 9.97 Å². The van der Waals surface area contributed by atoms with E-state index < -0.39 is 26.8 Å². The van der Waals surface area contributed by atoms with Crippen LogP contribution in [0.4, 0.5) is 17.1 Å². The lowest BCUT2D eigenvalue weighted by molar-refractivity contribution is -0.393. The predicted molar refractivity (Wildman–Crippen MR) is 88.0 cm³/mol. The molecule has 11 nitrogen and oxygen atoms in total. The van der Waals surface area contributed by atoms with E-state index in [2.05, 4.69) is 20.5 Å². The number of nitrogens with zero attached hydrogens (tertiary/aromatic N) is 3. The predicted octanol–water partition coefficient (Wildman–Crippen LogP) is 2.00. The van der Waals surface area contributed by atoms with Crippen molar-refractivity contribution in [2.75, 3.05) is 5.43 Å². The fourth-order valence-corrected chi connectivity index (χ4v) is 2.06. The number of benzene rings is 1. The second-order valence-electron chi connectivity index (χ2n) is 4.53. The molecular formula is C12H10N6O5S. The highest BCUT2D eigenvalue weighted by Crippen LogP contribution is 2.28. The van der Waals surface area contributed by atoms with Gasteiger partial charge < -0.3 is 4.98 Å². The molecule has 0 amide bonds. The monoisotopic (exact) mass is 350 g/mol. The first-order chi connectivity index (χ1) is 11.3. The van der Waals surface area contributed by atoms with Crippen molar-refractivity contribution >= 4 is 35.5 Å². The van der Waals surface area contributed by atoms with Crippen LogP contribution in [0.5, 0.6) is 0 Å². The van der Waals surface area contributed by atoms with Crippen molar-refractivity contribution in [2.45, 2.75) is 6.92 Å². The van der Waals surface area contributed by atoms with Crippen molar-refractivity contribution in [1.29, 1.82) is 0 Å². The molecule has 0 atom stereocenters. The van der Waals surface area contributed by atoms with Crippen LogP contribution in [0, 0.1) is 31.9 Å². The van der Waals surface area contributed by atoms with Crippen LogP contribution in [0.25, 0.3) is 0 Å². The number of hydrogen-bond donors (Lipinski definition) is 3. The summed E-state index contributed by atoms with van der Waals surface area (Å²) in [4.78, 5) is 37.0. The molecule has 0 saturated heterocycles. The molecule has 3 N–H and O–H groups in total. The zero-order valence-corrected chi connectivity index (χ0v) is 12.9. The largest absolute Gasteiger partial charge is 0.335 e. The number of aryl methyl sites for hydroxylation is 1. The van der Waals surface area contributed by atoms with Crippen LogP contribution in [0.1, 0.15) is 11.3 Å². The average molecular weight is 350 g/mol. The highest BCUT2D eigenvalue weighted by Gasteiger charge is 2.19. The van der Waals surface area contributed by atoms with Crippen LogP contribution in [0.3, 0.4) is 0 Å². The number of nitro benzene ring substituents is 2. The summed E-state index contributed by atoms with van der Waals surface area (Å²) < 4.78 is 0.161. The minimum Gasteiger partial charge on any atom is -0.335 e. The van der Waals surface area contributed by atoms with Crippen molar-refractivity contribution < 1.29 is 9.85 Å². The fraction of sp³-hybridized carbons (Fsp3) is 0.0833. The van der Waals surface area contributed by atoms with E-state index in [1.165, 1.54) is 0 Å². The minimum atomic E-state index is -0.775. The SMILES string of the molecule is Cc1[nH]c(=S)[nH]c(=O)c1C=NNc1ccc([N+](=O)[O-])cc1[N+](=O)[O-]. The first kappa shape index (κ1) is 17.0. The van der Waals surface area contributed by atoms with Crippen LogP contribution < -0.4 is 11.0 Å². The standard InChI is InChI=1S/C12H10N6O5S/c1-6-8(11(19)15-12(24)14-6)5-13-16-9-3-2-7(17(20)21)4-10(9)18(22)23/h2-5,16H,1H3,(H2,14,15,19,24). The third kappa shape index (κ3) is 3.67. The summed E-state index contributed by atoms with van der Waals surface area (Å²) in [6.07, 6.45) is 1.16. The van der Waals surface area contributed by atoms with Gasteiger partial charge in [-0.1, -0.05) is 0 Å². The Kier molecular flexibility index (Phi) is 4.79. The van der Waals surface area contributed by atoms with Crippen molar-refractivity contribution in [2.24, 2.45) is 5.10 Å². The topological polar surface area (TPSA) is 159 Å². The lowest BCUT2D eigenvalue weighted by Gasteiger charge is -2.02. The van der Waals surface area contributed by atoms with Gasteiger partial charge in [0.2, 0.25) is 0 Å². The van der Waals surface area contributed by atoms with Crippen LogP contribution in [-0.4, -0.2) is 26.0 Å². The Bertz CT molecular complexity index is 963. The molecular weight excluding hydrogens is 340 g/mol. The van der Waals surface area contributed by atoms with Crippen LogP contribution in [0.15, 0.2) is 28.1 Å². The number of aromatic nitrogens is 2. The van der Waals surface area contributed by atoms with E-state index in [1.54, 1.807) is 6.92 Å². The van der Waals surface area contributed by atoms with Gasteiger partial charge in [0.05, 0.1) is 27.7 Å². The van der Waals surface area contributed by atoms with E-state index >= 15 is 0 Å². The third-order valence-corrected chi connectivity index (χ3v) is 3.15. The summed E-state index contributed by atoms with van der Waals surface area (Å²) >= 11 is 4.81. The van der Waals surface area contributed by atoms with Gasteiger partial charge in [-0.3, -0.25) is 35.4 Å². The minimum absolute atomic E-state index is 0.0557. The highest BCUT2D eigenvalue weighted by molar-refractivity contribution is 7.71.